The number of hydrogen-bond acceptors (Lipinski definition) is 1. The first kappa shape index (κ1) is 10.9. The van der Waals surface area contributed by atoms with Crippen LogP contribution in [0.15, 0.2) is 150 Å². The van der Waals surface area contributed by atoms with Gasteiger partial charge in [-0.15, -0.1) is 0 Å². The maximum atomic E-state index is 9.49. The Kier molecular flexibility index (Phi) is 2.44. The van der Waals surface area contributed by atoms with E-state index in [1.54, 1.807) is 36.4 Å². The fraction of sp³-hybridized carbons (Fsp3) is 0. The van der Waals surface area contributed by atoms with E-state index in [2.05, 4.69) is 0 Å². The van der Waals surface area contributed by atoms with Gasteiger partial charge in [0.25, 0.3) is 0 Å². The van der Waals surface area contributed by atoms with Gasteiger partial charge in [-0.2, -0.15) is 0 Å². The van der Waals surface area contributed by atoms with Gasteiger partial charge >= 0.3 is 0 Å². The highest BCUT2D eigenvalue weighted by atomic mass is 16.3. The Labute approximate surface area is 250 Å². The summed E-state index contributed by atoms with van der Waals surface area (Å²) in [7, 11) is 0. The Morgan fingerprint density at radius 2 is 0.974 bits per heavy atom. The van der Waals surface area contributed by atoms with Crippen molar-refractivity contribution in [3.8, 4) is 33.4 Å². The average molecular weight is 514 g/mol. The van der Waals surface area contributed by atoms with E-state index in [1.807, 2.05) is 6.07 Å². The van der Waals surface area contributed by atoms with Crippen LogP contribution in [-0.2, 0) is 0 Å². The second kappa shape index (κ2) is 8.72. The zero-order chi connectivity index (χ0) is 40.6. The highest BCUT2D eigenvalue weighted by Crippen LogP contribution is 2.45. The van der Waals surface area contributed by atoms with Gasteiger partial charge in [-0.25, -0.2) is 0 Å². The van der Waals surface area contributed by atoms with Crippen LogP contribution in [0.2, 0.25) is 0 Å². The summed E-state index contributed by atoms with van der Waals surface area (Å²) in [5.41, 5.74) is -1.06. The largest absolute Gasteiger partial charge is 0.456 e. The van der Waals surface area contributed by atoms with E-state index in [4.69, 9.17) is 20.9 Å². The quantitative estimate of drug-likeness (QED) is 0.214. The molecule has 8 rings (SSSR count). The number of furan rings is 1. The van der Waals surface area contributed by atoms with E-state index in [-0.39, 0.29) is 32.7 Å². The Balaban J connectivity index is 1.68. The summed E-state index contributed by atoms with van der Waals surface area (Å²) < 4.78 is 156. The maximum Gasteiger partial charge on any atom is 0.135 e. The van der Waals surface area contributed by atoms with Crippen LogP contribution in [-0.4, -0.2) is 0 Å². The summed E-state index contributed by atoms with van der Waals surface area (Å²) >= 11 is 0. The lowest BCUT2D eigenvalue weighted by atomic mass is 9.85. The Morgan fingerprint density at radius 1 is 0.410 bits per heavy atom. The summed E-state index contributed by atoms with van der Waals surface area (Å²) in [4.78, 5) is 0. The molecule has 0 atom stereocenters. The molecule has 0 saturated heterocycles. The van der Waals surface area contributed by atoms with Crippen molar-refractivity contribution in [2.24, 2.45) is 0 Å². The van der Waals surface area contributed by atoms with Crippen LogP contribution in [0, 0.1) is 0 Å². The second-order valence-corrected chi connectivity index (χ2v) is 8.81. The van der Waals surface area contributed by atoms with Crippen LogP contribution in [0.4, 0.5) is 0 Å². The maximum absolute atomic E-state index is 9.49. The van der Waals surface area contributed by atoms with Crippen molar-refractivity contribution in [3.05, 3.63) is 145 Å². The molecule has 0 saturated carbocycles. The monoisotopic (exact) mass is 513 g/mol. The molecule has 0 N–H and O–H groups in total. The molecule has 7 aromatic carbocycles. The lowest BCUT2D eigenvalue weighted by Crippen LogP contribution is -1.91. The first-order valence-corrected chi connectivity index (χ1v) is 12.0. The van der Waals surface area contributed by atoms with E-state index in [1.165, 1.54) is 0 Å². The molecule has 1 nitrogen and oxygen atoms in total. The molecular weight excluding hydrogens is 472 g/mol. The molecule has 1 heteroatoms. The fourth-order valence-corrected chi connectivity index (χ4v) is 5.01. The van der Waals surface area contributed by atoms with Crippen LogP contribution in [0.1, 0.15) is 23.3 Å². The molecule has 0 unspecified atom stereocenters. The molecule has 1 heterocycles. The third kappa shape index (κ3) is 3.48. The topological polar surface area (TPSA) is 13.1 Å². The molecule has 0 aliphatic heterocycles. The van der Waals surface area contributed by atoms with Crippen LogP contribution >= 0.6 is 0 Å². The van der Waals surface area contributed by atoms with Gasteiger partial charge < -0.3 is 4.42 Å². The lowest BCUT2D eigenvalue weighted by molar-refractivity contribution is 0.669. The van der Waals surface area contributed by atoms with Gasteiger partial charge in [0, 0.05) is 10.8 Å². The van der Waals surface area contributed by atoms with E-state index >= 15 is 0 Å². The zero-order valence-electron chi connectivity index (χ0n) is 36.9. The lowest BCUT2D eigenvalue weighted by Gasteiger charge is -2.18. The Hall–Kier alpha value is -5.14. The predicted molar refractivity (Wildman–Crippen MR) is 165 cm³/mol. The third-order valence-electron chi connectivity index (χ3n) is 6.67. The minimum Gasteiger partial charge on any atom is -0.456 e. The molecule has 182 valence electrons. The van der Waals surface area contributed by atoms with E-state index in [9.17, 15) is 6.85 Å². The van der Waals surface area contributed by atoms with Crippen molar-refractivity contribution in [1.29, 1.82) is 0 Å². The normalized spacial score (nSPS) is 17.7. The molecule has 39 heavy (non-hydrogen) atoms. The van der Waals surface area contributed by atoms with Crippen molar-refractivity contribution >= 4 is 43.5 Å². The molecule has 0 aliphatic rings. The Bertz CT molecular complexity index is 3000. The molecule has 0 radical (unpaired) electrons. The van der Waals surface area contributed by atoms with Gasteiger partial charge in [-0.05, 0) is 79.2 Å². The van der Waals surface area contributed by atoms with Crippen molar-refractivity contribution in [1.82, 2.24) is 0 Å². The highest BCUT2D eigenvalue weighted by Gasteiger charge is 2.18. The van der Waals surface area contributed by atoms with Crippen molar-refractivity contribution < 1.29 is 27.7 Å². The van der Waals surface area contributed by atoms with Crippen molar-refractivity contribution in [2.45, 2.75) is 0 Å². The smallest absolute Gasteiger partial charge is 0.135 e. The van der Waals surface area contributed by atoms with Gasteiger partial charge in [0.2, 0.25) is 0 Å². The first-order chi connectivity index (χ1) is 26.4. The standard InChI is InChI=1S/C38H24O/c1-2-11-25(12-3-1)26-13-10-14-27(23-26)37-30-16-4-6-18-32(30)38(33-19-7-5-17-31(33)37)28-21-22-36-34(24-28)29-15-8-9-20-35(29)39-36/h1-24H/i1D,2D,3D,4D,5D,6D,7D,10D,11D,12D,13D,14D,16D,17D,18D,19D,23D. The van der Waals surface area contributed by atoms with Crippen molar-refractivity contribution in [3.63, 3.8) is 0 Å². The SMILES string of the molecule is [2H]c1c([2H])c([2H])c(-c2c([2H])c([2H])c([2H])c(-c3c4c([2H])c([2H])c([2H])c([2H])c4c(-c4ccc5oc6ccccc6c5c4)c4c([2H])c([2H])c([2H])c([2H])c34)c2[2H])c([2H])c1[2H]. The van der Waals surface area contributed by atoms with E-state index < -0.39 is 125 Å². The van der Waals surface area contributed by atoms with Gasteiger partial charge in [-0.1, -0.05) is 121 Å². The summed E-state index contributed by atoms with van der Waals surface area (Å²) in [6, 6.07) is -0.813. The fourth-order valence-electron chi connectivity index (χ4n) is 5.01. The van der Waals surface area contributed by atoms with Crippen LogP contribution in [0.5, 0.6) is 0 Å². The van der Waals surface area contributed by atoms with Gasteiger partial charge in [0.1, 0.15) is 11.2 Å². The third-order valence-corrected chi connectivity index (χ3v) is 6.67. The average Bonchev–Trinajstić information content (AvgIpc) is 3.56. The van der Waals surface area contributed by atoms with Crippen LogP contribution < -0.4 is 0 Å². The molecule has 0 spiro atoms. The first-order valence-electron chi connectivity index (χ1n) is 20.5. The summed E-state index contributed by atoms with van der Waals surface area (Å²) in [6.45, 7) is 0. The number of fused-ring (bicyclic) bond motifs is 5. The van der Waals surface area contributed by atoms with E-state index in [0.29, 0.717) is 21.9 Å². The van der Waals surface area contributed by atoms with Crippen molar-refractivity contribution in [2.75, 3.05) is 0 Å². The molecule has 0 bridgehead atoms. The summed E-state index contributed by atoms with van der Waals surface area (Å²) in [6.07, 6.45) is 0. The highest BCUT2D eigenvalue weighted by molar-refractivity contribution is 6.22. The number of benzene rings is 7. The zero-order valence-corrected chi connectivity index (χ0v) is 19.9. The number of hydrogen-bond donors (Lipinski definition) is 0. The minimum atomic E-state index is -0.873. The second-order valence-electron chi connectivity index (χ2n) is 8.81. The van der Waals surface area contributed by atoms with Gasteiger partial charge in [0.15, 0.2) is 0 Å². The number of rotatable bonds is 3. The molecule has 8 aromatic rings. The van der Waals surface area contributed by atoms with E-state index in [0.717, 1.165) is 0 Å². The molecule has 1 aromatic heterocycles. The number of para-hydroxylation sites is 1. The molecule has 0 aliphatic carbocycles. The van der Waals surface area contributed by atoms with Gasteiger partial charge in [0.05, 0.1) is 23.3 Å². The predicted octanol–water partition coefficient (Wildman–Crippen LogP) is 10.9. The molecule has 0 amide bonds. The summed E-state index contributed by atoms with van der Waals surface area (Å²) in [5.74, 6) is 0. The summed E-state index contributed by atoms with van der Waals surface area (Å²) in [5, 5.41) is 0.0918. The van der Waals surface area contributed by atoms with Gasteiger partial charge in [-0.3, -0.25) is 0 Å². The minimum absolute atomic E-state index is 0.0166. The molecular formula is C38H24O. The Morgan fingerprint density at radius 3 is 1.69 bits per heavy atom. The molecule has 0 fully saturated rings. The van der Waals surface area contributed by atoms with Crippen LogP contribution in [0.3, 0.4) is 0 Å². The van der Waals surface area contributed by atoms with Crippen LogP contribution in [0.25, 0.3) is 76.9 Å².